The average molecular weight is 256 g/mol. The van der Waals surface area contributed by atoms with Gasteiger partial charge in [-0.15, -0.1) is 0 Å². The van der Waals surface area contributed by atoms with E-state index in [1.165, 1.54) is 4.90 Å². The molecule has 0 saturated carbocycles. The van der Waals surface area contributed by atoms with E-state index < -0.39 is 5.91 Å². The SMILES string of the molecule is CN(CC(N)=O)CC(=O)Nc1ccc(Cl)cc1. The maximum Gasteiger partial charge on any atom is 0.238 e. The lowest BCUT2D eigenvalue weighted by Gasteiger charge is -2.14. The molecular formula is C11H14ClN3O2. The summed E-state index contributed by atoms with van der Waals surface area (Å²) >= 11 is 5.72. The number of rotatable bonds is 5. The largest absolute Gasteiger partial charge is 0.369 e. The molecule has 0 spiro atoms. The van der Waals surface area contributed by atoms with Crippen molar-refractivity contribution in [1.82, 2.24) is 4.90 Å². The Morgan fingerprint density at radius 3 is 2.41 bits per heavy atom. The molecule has 0 aliphatic rings. The zero-order chi connectivity index (χ0) is 12.8. The Balaban J connectivity index is 2.44. The highest BCUT2D eigenvalue weighted by Crippen LogP contribution is 2.13. The molecule has 3 N–H and O–H groups in total. The van der Waals surface area contributed by atoms with Crippen molar-refractivity contribution in [3.05, 3.63) is 29.3 Å². The molecule has 17 heavy (non-hydrogen) atoms. The van der Waals surface area contributed by atoms with Crippen LogP contribution in [0.2, 0.25) is 5.02 Å². The summed E-state index contributed by atoms with van der Waals surface area (Å²) in [5, 5.41) is 3.29. The summed E-state index contributed by atoms with van der Waals surface area (Å²) in [7, 11) is 1.65. The number of carbonyl (C=O) groups excluding carboxylic acids is 2. The Kier molecular flexibility index (Phi) is 4.93. The molecule has 0 aliphatic carbocycles. The smallest absolute Gasteiger partial charge is 0.238 e. The van der Waals surface area contributed by atoms with Gasteiger partial charge in [0.2, 0.25) is 11.8 Å². The zero-order valence-corrected chi connectivity index (χ0v) is 10.2. The normalized spacial score (nSPS) is 10.3. The Labute approximate surface area is 105 Å². The van der Waals surface area contributed by atoms with Gasteiger partial charge in [-0.1, -0.05) is 11.6 Å². The fourth-order valence-electron chi connectivity index (χ4n) is 1.30. The average Bonchev–Trinajstić information content (AvgIpc) is 2.19. The molecule has 0 aliphatic heterocycles. The molecule has 92 valence electrons. The van der Waals surface area contributed by atoms with Crippen LogP contribution in [0.4, 0.5) is 5.69 Å². The van der Waals surface area contributed by atoms with Gasteiger partial charge in [-0.25, -0.2) is 0 Å². The molecule has 0 radical (unpaired) electrons. The van der Waals surface area contributed by atoms with Crippen LogP contribution < -0.4 is 11.1 Å². The maximum absolute atomic E-state index is 11.6. The minimum Gasteiger partial charge on any atom is -0.369 e. The summed E-state index contributed by atoms with van der Waals surface area (Å²) in [6.45, 7) is 0.152. The highest BCUT2D eigenvalue weighted by Gasteiger charge is 2.08. The number of primary amides is 1. The molecule has 0 aromatic heterocycles. The minimum atomic E-state index is -0.466. The predicted molar refractivity (Wildman–Crippen MR) is 66.8 cm³/mol. The van der Waals surface area contributed by atoms with Crippen LogP contribution in [0, 0.1) is 0 Å². The van der Waals surface area contributed by atoms with E-state index in [9.17, 15) is 9.59 Å². The summed E-state index contributed by atoms with van der Waals surface area (Å²) < 4.78 is 0. The van der Waals surface area contributed by atoms with E-state index in [1.54, 1.807) is 31.3 Å². The first kappa shape index (κ1) is 13.5. The third kappa shape index (κ3) is 5.33. The van der Waals surface area contributed by atoms with Crippen molar-refractivity contribution in [2.24, 2.45) is 5.73 Å². The van der Waals surface area contributed by atoms with Crippen LogP contribution in [0.25, 0.3) is 0 Å². The first-order chi connectivity index (χ1) is 7.97. The number of nitrogens with two attached hydrogens (primary N) is 1. The molecule has 0 heterocycles. The number of hydrogen-bond acceptors (Lipinski definition) is 3. The van der Waals surface area contributed by atoms with Gasteiger partial charge in [0.05, 0.1) is 13.1 Å². The van der Waals surface area contributed by atoms with Crippen LogP contribution >= 0.6 is 11.6 Å². The van der Waals surface area contributed by atoms with Gasteiger partial charge in [-0.3, -0.25) is 14.5 Å². The highest BCUT2D eigenvalue weighted by molar-refractivity contribution is 6.30. The molecule has 1 aromatic rings. The second kappa shape index (κ2) is 6.22. The molecule has 0 bridgehead atoms. The van der Waals surface area contributed by atoms with E-state index in [0.717, 1.165) is 0 Å². The summed E-state index contributed by atoms with van der Waals surface area (Å²) in [4.78, 5) is 23.7. The van der Waals surface area contributed by atoms with E-state index in [2.05, 4.69) is 5.32 Å². The zero-order valence-electron chi connectivity index (χ0n) is 9.44. The minimum absolute atomic E-state index is 0.0496. The summed E-state index contributed by atoms with van der Waals surface area (Å²) in [6.07, 6.45) is 0. The number of carbonyl (C=O) groups is 2. The van der Waals surface area contributed by atoms with Gasteiger partial charge < -0.3 is 11.1 Å². The molecule has 1 rings (SSSR count). The predicted octanol–water partition coefficient (Wildman–Crippen LogP) is 0.696. The second-order valence-electron chi connectivity index (χ2n) is 3.69. The number of hydrogen-bond donors (Lipinski definition) is 2. The van der Waals surface area contributed by atoms with Crippen LogP contribution in [0.15, 0.2) is 24.3 Å². The quantitative estimate of drug-likeness (QED) is 0.813. The molecule has 0 fully saturated rings. The van der Waals surface area contributed by atoms with Gasteiger partial charge in [0.1, 0.15) is 0 Å². The first-order valence-electron chi connectivity index (χ1n) is 4.99. The number of anilines is 1. The van der Waals surface area contributed by atoms with Crippen molar-refractivity contribution in [3.8, 4) is 0 Å². The lowest BCUT2D eigenvalue weighted by molar-refractivity contribution is -0.120. The van der Waals surface area contributed by atoms with Gasteiger partial charge in [0.25, 0.3) is 0 Å². The lowest BCUT2D eigenvalue weighted by atomic mass is 10.3. The molecule has 0 saturated heterocycles. The number of halogens is 1. The van der Waals surface area contributed by atoms with Gasteiger partial charge in [0, 0.05) is 10.7 Å². The first-order valence-corrected chi connectivity index (χ1v) is 5.37. The molecule has 0 unspecified atom stereocenters. The number of likely N-dealkylation sites (N-methyl/N-ethyl adjacent to an activating group) is 1. The Hall–Kier alpha value is -1.59. The number of benzene rings is 1. The lowest BCUT2D eigenvalue weighted by Crippen LogP contribution is -2.36. The molecular weight excluding hydrogens is 242 g/mol. The molecule has 1 aromatic carbocycles. The van der Waals surface area contributed by atoms with Crippen molar-refractivity contribution in [3.63, 3.8) is 0 Å². The van der Waals surface area contributed by atoms with Crippen molar-refractivity contribution in [2.45, 2.75) is 0 Å². The Morgan fingerprint density at radius 1 is 1.29 bits per heavy atom. The standard InChI is InChI=1S/C11H14ClN3O2/c1-15(6-10(13)16)7-11(17)14-9-4-2-8(12)3-5-9/h2-5H,6-7H2,1H3,(H2,13,16)(H,14,17). The van der Waals surface area contributed by atoms with E-state index in [-0.39, 0.29) is 19.0 Å². The van der Waals surface area contributed by atoms with Crippen molar-refractivity contribution < 1.29 is 9.59 Å². The van der Waals surface area contributed by atoms with Crippen LogP contribution in [-0.4, -0.2) is 36.9 Å². The Morgan fingerprint density at radius 2 is 1.88 bits per heavy atom. The van der Waals surface area contributed by atoms with Gasteiger partial charge in [0.15, 0.2) is 0 Å². The third-order valence-corrected chi connectivity index (χ3v) is 2.22. The number of nitrogens with zero attached hydrogens (tertiary/aromatic N) is 1. The molecule has 0 atom stereocenters. The Bertz CT molecular complexity index is 406. The monoisotopic (exact) mass is 255 g/mol. The van der Waals surface area contributed by atoms with E-state index >= 15 is 0 Å². The van der Waals surface area contributed by atoms with E-state index in [0.29, 0.717) is 10.7 Å². The molecule has 6 heteroatoms. The van der Waals surface area contributed by atoms with Crippen LogP contribution in [0.5, 0.6) is 0 Å². The summed E-state index contributed by atoms with van der Waals surface area (Å²) in [6, 6.07) is 6.78. The van der Waals surface area contributed by atoms with Crippen molar-refractivity contribution in [1.29, 1.82) is 0 Å². The topological polar surface area (TPSA) is 75.4 Å². The fourth-order valence-corrected chi connectivity index (χ4v) is 1.43. The van der Waals surface area contributed by atoms with Crippen LogP contribution in [0.1, 0.15) is 0 Å². The van der Waals surface area contributed by atoms with Gasteiger partial charge in [-0.2, -0.15) is 0 Å². The summed E-state index contributed by atoms with van der Waals surface area (Å²) in [5.74, 6) is -0.678. The van der Waals surface area contributed by atoms with Crippen molar-refractivity contribution in [2.75, 3.05) is 25.5 Å². The van der Waals surface area contributed by atoms with E-state index in [1.807, 2.05) is 0 Å². The van der Waals surface area contributed by atoms with Gasteiger partial charge >= 0.3 is 0 Å². The van der Waals surface area contributed by atoms with Crippen LogP contribution in [0.3, 0.4) is 0 Å². The second-order valence-corrected chi connectivity index (χ2v) is 4.13. The molecule has 2 amide bonds. The van der Waals surface area contributed by atoms with Crippen molar-refractivity contribution >= 4 is 29.1 Å². The third-order valence-electron chi connectivity index (χ3n) is 1.97. The van der Waals surface area contributed by atoms with Crippen LogP contribution in [-0.2, 0) is 9.59 Å². The number of nitrogens with one attached hydrogen (secondary N) is 1. The van der Waals surface area contributed by atoms with Gasteiger partial charge in [-0.05, 0) is 31.3 Å². The maximum atomic E-state index is 11.6. The summed E-state index contributed by atoms with van der Waals surface area (Å²) in [5.41, 5.74) is 5.67. The highest BCUT2D eigenvalue weighted by atomic mass is 35.5. The number of amides is 2. The van der Waals surface area contributed by atoms with E-state index in [4.69, 9.17) is 17.3 Å². The fraction of sp³-hybridized carbons (Fsp3) is 0.273. The molecule has 5 nitrogen and oxygen atoms in total.